The van der Waals surface area contributed by atoms with Gasteiger partial charge in [-0.25, -0.2) is 0 Å². The lowest BCUT2D eigenvalue weighted by Gasteiger charge is -2.15. The number of halogens is 1. The maximum Gasteiger partial charge on any atom is 0.273 e. The van der Waals surface area contributed by atoms with Crippen LogP contribution in [0.3, 0.4) is 0 Å². The molecule has 0 saturated carbocycles. The van der Waals surface area contributed by atoms with Gasteiger partial charge in [0.15, 0.2) is 5.78 Å². The number of Topliss-reactive ketones (excluding diaryl/α,β-unsaturated/α-hetero) is 1. The van der Waals surface area contributed by atoms with Gasteiger partial charge in [0.25, 0.3) is 5.56 Å². The van der Waals surface area contributed by atoms with E-state index < -0.39 is 5.41 Å². The molecule has 0 unspecified atom stereocenters. The SMILES string of the molecule is CC(C)(C)C(=O)C(C#N)=c1sc(=Cc2ccco2)c(=O)n1-c1cccc(Br)c1. The molecule has 0 amide bonds. The molecule has 2 heterocycles. The Morgan fingerprint density at radius 3 is 2.61 bits per heavy atom. The Morgan fingerprint density at radius 2 is 2.04 bits per heavy atom. The van der Waals surface area contributed by atoms with E-state index in [-0.39, 0.29) is 16.9 Å². The zero-order valence-corrected chi connectivity index (χ0v) is 17.9. The summed E-state index contributed by atoms with van der Waals surface area (Å²) in [6.45, 7) is 5.24. The average Bonchev–Trinajstić information content (AvgIpc) is 3.24. The molecule has 3 rings (SSSR count). The summed E-state index contributed by atoms with van der Waals surface area (Å²) in [5, 5.41) is 9.74. The Morgan fingerprint density at radius 1 is 1.29 bits per heavy atom. The topological polar surface area (TPSA) is 76.0 Å². The van der Waals surface area contributed by atoms with Gasteiger partial charge in [0.1, 0.15) is 22.1 Å². The second-order valence-corrected chi connectivity index (χ2v) is 9.06. The van der Waals surface area contributed by atoms with Gasteiger partial charge in [-0.05, 0) is 30.3 Å². The van der Waals surface area contributed by atoms with Crippen LogP contribution in [0.25, 0.3) is 17.3 Å². The zero-order chi connectivity index (χ0) is 20.5. The van der Waals surface area contributed by atoms with E-state index in [1.165, 1.54) is 10.8 Å². The van der Waals surface area contributed by atoms with Gasteiger partial charge in [0.05, 0.1) is 16.5 Å². The van der Waals surface area contributed by atoms with Crippen molar-refractivity contribution >= 4 is 44.7 Å². The number of nitrogens with zero attached hydrogens (tertiary/aromatic N) is 2. The zero-order valence-electron chi connectivity index (χ0n) is 15.5. The molecule has 3 aromatic rings. The Kier molecular flexibility index (Phi) is 5.54. The first-order chi connectivity index (χ1) is 13.2. The third-order valence-corrected chi connectivity index (χ3v) is 5.53. The molecule has 142 valence electrons. The molecule has 0 aliphatic carbocycles. The molecule has 0 saturated heterocycles. The van der Waals surface area contributed by atoms with Crippen molar-refractivity contribution in [3.63, 3.8) is 0 Å². The molecule has 0 N–H and O–H groups in total. The Bertz CT molecular complexity index is 1250. The summed E-state index contributed by atoms with van der Waals surface area (Å²) >= 11 is 4.51. The molecule has 0 bridgehead atoms. The number of furan rings is 1. The summed E-state index contributed by atoms with van der Waals surface area (Å²) < 4.78 is 8.19. The van der Waals surface area contributed by atoms with E-state index >= 15 is 0 Å². The maximum absolute atomic E-state index is 13.2. The highest BCUT2D eigenvalue weighted by molar-refractivity contribution is 9.10. The number of benzene rings is 1. The molecule has 2 aromatic heterocycles. The largest absolute Gasteiger partial charge is 0.465 e. The van der Waals surface area contributed by atoms with Gasteiger partial charge in [-0.2, -0.15) is 5.26 Å². The van der Waals surface area contributed by atoms with E-state index in [9.17, 15) is 14.9 Å². The minimum Gasteiger partial charge on any atom is -0.465 e. The van der Waals surface area contributed by atoms with Gasteiger partial charge < -0.3 is 4.42 Å². The van der Waals surface area contributed by atoms with Crippen LogP contribution in [0.15, 0.2) is 56.3 Å². The van der Waals surface area contributed by atoms with E-state index in [1.54, 1.807) is 57.2 Å². The van der Waals surface area contributed by atoms with Crippen LogP contribution in [0, 0.1) is 16.7 Å². The van der Waals surface area contributed by atoms with Crippen molar-refractivity contribution in [1.29, 1.82) is 5.26 Å². The second kappa shape index (κ2) is 7.74. The van der Waals surface area contributed by atoms with Crippen molar-refractivity contribution < 1.29 is 9.21 Å². The number of carbonyl (C=O) groups excluding carboxylic acids is 1. The Labute approximate surface area is 174 Å². The molecule has 0 radical (unpaired) electrons. The van der Waals surface area contributed by atoms with Gasteiger partial charge in [-0.15, -0.1) is 11.3 Å². The number of aromatic nitrogens is 1. The molecule has 28 heavy (non-hydrogen) atoms. The molecule has 0 atom stereocenters. The second-order valence-electron chi connectivity index (χ2n) is 7.12. The Balaban J connectivity index is 2.46. The molecular weight excluding hydrogens is 440 g/mol. The van der Waals surface area contributed by atoms with Crippen LogP contribution in [0.1, 0.15) is 26.5 Å². The number of ketones is 1. The van der Waals surface area contributed by atoms with Crippen LogP contribution in [0.4, 0.5) is 0 Å². The average molecular weight is 457 g/mol. The standard InChI is InChI=1S/C21H17BrN2O3S/c1-21(2,3)18(25)16(12-23)20-24(14-7-4-6-13(22)10-14)19(26)17(28-20)11-15-8-5-9-27-15/h4-11H,1-3H3. The van der Waals surface area contributed by atoms with E-state index in [2.05, 4.69) is 15.9 Å². The maximum atomic E-state index is 13.2. The van der Waals surface area contributed by atoms with Crippen molar-refractivity contribution in [2.75, 3.05) is 0 Å². The van der Waals surface area contributed by atoms with Crippen molar-refractivity contribution in [2.24, 2.45) is 5.41 Å². The predicted octanol–water partition coefficient (Wildman–Crippen LogP) is 3.37. The molecule has 5 nitrogen and oxygen atoms in total. The van der Waals surface area contributed by atoms with E-state index in [0.29, 0.717) is 20.6 Å². The molecule has 0 fully saturated rings. The number of nitriles is 1. The van der Waals surface area contributed by atoms with Crippen molar-refractivity contribution in [2.45, 2.75) is 20.8 Å². The summed E-state index contributed by atoms with van der Waals surface area (Å²) in [4.78, 5) is 26.0. The first-order valence-corrected chi connectivity index (χ1v) is 10.1. The highest BCUT2D eigenvalue weighted by atomic mass is 79.9. The summed E-state index contributed by atoms with van der Waals surface area (Å²) in [6.07, 6.45) is 3.13. The molecule has 0 spiro atoms. The van der Waals surface area contributed by atoms with Crippen LogP contribution in [0.2, 0.25) is 0 Å². The first-order valence-electron chi connectivity index (χ1n) is 8.44. The summed E-state index contributed by atoms with van der Waals surface area (Å²) in [5.74, 6) is 0.205. The monoisotopic (exact) mass is 456 g/mol. The first kappa shape index (κ1) is 20.1. The minimum absolute atomic E-state index is 0.0336. The molecule has 0 aliphatic heterocycles. The van der Waals surface area contributed by atoms with E-state index in [4.69, 9.17) is 4.42 Å². The van der Waals surface area contributed by atoms with Gasteiger partial charge in [0.2, 0.25) is 0 Å². The van der Waals surface area contributed by atoms with Crippen LogP contribution >= 0.6 is 27.3 Å². The smallest absolute Gasteiger partial charge is 0.273 e. The third-order valence-electron chi connectivity index (χ3n) is 3.94. The third kappa shape index (κ3) is 3.93. The molecule has 1 aromatic carbocycles. The number of rotatable bonds is 3. The van der Waals surface area contributed by atoms with E-state index in [1.807, 2.05) is 12.1 Å². The summed E-state index contributed by atoms with van der Waals surface area (Å²) in [5.41, 5.74) is -0.533. The lowest BCUT2D eigenvalue weighted by Crippen LogP contribution is -2.33. The lowest BCUT2D eigenvalue weighted by molar-refractivity contribution is -0.120. The summed E-state index contributed by atoms with van der Waals surface area (Å²) in [6, 6.07) is 12.6. The van der Waals surface area contributed by atoms with Crippen LogP contribution in [-0.4, -0.2) is 10.4 Å². The van der Waals surface area contributed by atoms with Crippen LogP contribution < -0.4 is 14.8 Å². The van der Waals surface area contributed by atoms with Crippen LogP contribution in [0.5, 0.6) is 0 Å². The fraction of sp³-hybridized carbons (Fsp3) is 0.190. The molecule has 0 aliphatic rings. The normalized spacial score (nSPS) is 13.3. The highest BCUT2D eigenvalue weighted by Gasteiger charge is 2.27. The quantitative estimate of drug-likeness (QED) is 0.605. The number of thiazole rings is 1. The fourth-order valence-corrected chi connectivity index (χ4v) is 4.04. The minimum atomic E-state index is -0.752. The van der Waals surface area contributed by atoms with Crippen molar-refractivity contribution in [3.8, 4) is 11.8 Å². The number of hydrogen-bond acceptors (Lipinski definition) is 5. The van der Waals surface area contributed by atoms with Gasteiger partial charge in [-0.3, -0.25) is 14.2 Å². The molecule has 7 heteroatoms. The van der Waals surface area contributed by atoms with Crippen LogP contribution in [-0.2, 0) is 4.79 Å². The fourth-order valence-electron chi connectivity index (χ4n) is 2.57. The van der Waals surface area contributed by atoms with Gasteiger partial charge in [0, 0.05) is 16.0 Å². The lowest BCUT2D eigenvalue weighted by atomic mass is 9.87. The molecular formula is C21H17BrN2O3S. The Hall–Kier alpha value is -2.69. The van der Waals surface area contributed by atoms with Crippen molar-refractivity contribution in [3.05, 3.63) is 72.4 Å². The summed E-state index contributed by atoms with van der Waals surface area (Å²) in [7, 11) is 0. The van der Waals surface area contributed by atoms with Crippen molar-refractivity contribution in [1.82, 2.24) is 4.57 Å². The number of carbonyl (C=O) groups is 1. The predicted molar refractivity (Wildman–Crippen MR) is 113 cm³/mol. The van der Waals surface area contributed by atoms with Gasteiger partial charge >= 0.3 is 0 Å². The van der Waals surface area contributed by atoms with Gasteiger partial charge in [-0.1, -0.05) is 42.8 Å². The van der Waals surface area contributed by atoms with E-state index in [0.717, 1.165) is 15.8 Å². The number of hydrogen-bond donors (Lipinski definition) is 0. The highest BCUT2D eigenvalue weighted by Crippen LogP contribution is 2.20.